The van der Waals surface area contributed by atoms with E-state index in [9.17, 15) is 33.4 Å². The minimum absolute atomic E-state index is 0.0189. The first kappa shape index (κ1) is 26.7. The molecule has 0 amide bonds. The van der Waals surface area contributed by atoms with Crippen molar-refractivity contribution in [3.63, 3.8) is 0 Å². The van der Waals surface area contributed by atoms with E-state index in [0.717, 1.165) is 6.07 Å². The van der Waals surface area contributed by atoms with E-state index in [1.165, 1.54) is 42.5 Å². The van der Waals surface area contributed by atoms with Gasteiger partial charge in [0.2, 0.25) is 0 Å². The van der Waals surface area contributed by atoms with E-state index in [1.54, 1.807) is 12.1 Å². The summed E-state index contributed by atoms with van der Waals surface area (Å²) in [6.07, 6.45) is 0. The van der Waals surface area contributed by atoms with Crippen molar-refractivity contribution in [3.8, 4) is 23.0 Å². The maximum atomic E-state index is 12.1. The third kappa shape index (κ3) is 5.49. The van der Waals surface area contributed by atoms with Crippen LogP contribution in [0, 0.1) is 0 Å². The number of phenols is 4. The van der Waals surface area contributed by atoms with Crippen LogP contribution in [0.25, 0.3) is 10.8 Å². The van der Waals surface area contributed by atoms with Crippen LogP contribution in [0.3, 0.4) is 0 Å². The Morgan fingerprint density at radius 3 is 1.79 bits per heavy atom. The van der Waals surface area contributed by atoms with Crippen LogP contribution in [0.5, 0.6) is 23.0 Å². The summed E-state index contributed by atoms with van der Waals surface area (Å²) in [6, 6.07) is 13.6. The van der Waals surface area contributed by atoms with Crippen LogP contribution in [-0.2, 0) is 19.5 Å². The Morgan fingerprint density at radius 2 is 1.26 bits per heavy atom. The SMILES string of the molecule is O=S(=O)(O)c1cc2cc(SOOO)c(N=Nc3ccccc3O)c(O)c2c(O)c1N=Nc1ccccc1O. The molecule has 0 unspecified atom stereocenters. The lowest BCUT2D eigenvalue weighted by molar-refractivity contribution is -0.432. The Kier molecular flexibility index (Phi) is 7.72. The molecule has 4 rings (SSSR count). The summed E-state index contributed by atoms with van der Waals surface area (Å²) in [5, 5.41) is 68.7. The third-order valence-corrected chi connectivity index (χ3v) is 6.45. The summed E-state index contributed by atoms with van der Waals surface area (Å²) >= 11 is 0.336. The van der Waals surface area contributed by atoms with Gasteiger partial charge in [0.05, 0.1) is 22.3 Å². The fourth-order valence-electron chi connectivity index (χ4n) is 3.27. The molecule has 4 aromatic rings. The van der Waals surface area contributed by atoms with Crippen LogP contribution in [0.1, 0.15) is 0 Å². The van der Waals surface area contributed by atoms with Crippen molar-refractivity contribution in [2.45, 2.75) is 9.79 Å². The van der Waals surface area contributed by atoms with Gasteiger partial charge >= 0.3 is 0 Å². The van der Waals surface area contributed by atoms with Gasteiger partial charge in [-0.2, -0.15) is 8.42 Å². The number of rotatable bonds is 8. The molecule has 0 heterocycles. The molecular formula is C22H16N4O10S2. The van der Waals surface area contributed by atoms with E-state index in [1.807, 2.05) is 0 Å². The van der Waals surface area contributed by atoms with Crippen LogP contribution in [0.4, 0.5) is 22.7 Å². The highest BCUT2D eigenvalue weighted by atomic mass is 32.2. The maximum Gasteiger partial charge on any atom is 0.296 e. The lowest BCUT2D eigenvalue weighted by Gasteiger charge is -2.13. The van der Waals surface area contributed by atoms with Gasteiger partial charge in [-0.1, -0.05) is 29.3 Å². The van der Waals surface area contributed by atoms with Crippen molar-refractivity contribution in [3.05, 3.63) is 60.7 Å². The van der Waals surface area contributed by atoms with Gasteiger partial charge in [-0.25, -0.2) is 5.26 Å². The summed E-state index contributed by atoms with van der Waals surface area (Å²) in [5.41, 5.74) is -1.16. The average molecular weight is 561 g/mol. The van der Waals surface area contributed by atoms with Crippen LogP contribution < -0.4 is 0 Å². The number of phenolic OH excluding ortho intramolecular Hbond substituents is 4. The molecule has 0 bridgehead atoms. The van der Waals surface area contributed by atoms with E-state index < -0.39 is 32.2 Å². The summed E-state index contributed by atoms with van der Waals surface area (Å²) < 4.78 is 38.4. The molecule has 0 atom stereocenters. The van der Waals surface area contributed by atoms with Crippen molar-refractivity contribution in [2.24, 2.45) is 20.5 Å². The van der Waals surface area contributed by atoms with Gasteiger partial charge in [0.1, 0.15) is 39.1 Å². The summed E-state index contributed by atoms with van der Waals surface area (Å²) in [5.74, 6) is -2.19. The molecule has 0 radical (unpaired) electrons. The fourth-order valence-corrected chi connectivity index (χ4v) is 4.42. The van der Waals surface area contributed by atoms with Crippen LogP contribution in [-0.4, -0.2) is 38.7 Å². The Labute approximate surface area is 217 Å². The second-order valence-corrected chi connectivity index (χ2v) is 9.45. The molecule has 38 heavy (non-hydrogen) atoms. The Balaban J connectivity index is 1.98. The van der Waals surface area contributed by atoms with Gasteiger partial charge < -0.3 is 20.4 Å². The highest BCUT2D eigenvalue weighted by Gasteiger charge is 2.26. The molecule has 0 aliphatic carbocycles. The monoisotopic (exact) mass is 560 g/mol. The number of para-hydroxylation sites is 2. The predicted octanol–water partition coefficient (Wildman–Crippen LogP) is 6.17. The smallest absolute Gasteiger partial charge is 0.296 e. The Bertz CT molecular complexity index is 1690. The lowest BCUT2D eigenvalue weighted by Crippen LogP contribution is -1.99. The quantitative estimate of drug-likeness (QED) is 0.0470. The van der Waals surface area contributed by atoms with E-state index in [2.05, 4.69) is 29.8 Å². The molecule has 0 aromatic heterocycles. The van der Waals surface area contributed by atoms with E-state index in [-0.39, 0.29) is 44.2 Å². The lowest BCUT2D eigenvalue weighted by atomic mass is 10.1. The van der Waals surface area contributed by atoms with Crippen molar-refractivity contribution in [1.82, 2.24) is 0 Å². The number of benzene rings is 4. The number of fused-ring (bicyclic) bond motifs is 1. The number of aromatic hydroxyl groups is 4. The average Bonchev–Trinajstić information content (AvgIpc) is 2.87. The maximum absolute atomic E-state index is 12.1. The van der Waals surface area contributed by atoms with Crippen molar-refractivity contribution in [1.29, 1.82) is 0 Å². The summed E-state index contributed by atoms with van der Waals surface area (Å²) in [4.78, 5) is -0.965. The molecule has 0 saturated carbocycles. The molecule has 196 valence electrons. The molecule has 0 aliphatic heterocycles. The van der Waals surface area contributed by atoms with Gasteiger partial charge in [0.25, 0.3) is 10.1 Å². The van der Waals surface area contributed by atoms with Crippen molar-refractivity contribution < 1.29 is 48.0 Å². The highest BCUT2D eigenvalue weighted by molar-refractivity contribution is 7.94. The van der Waals surface area contributed by atoms with Gasteiger partial charge in [0.15, 0.2) is 11.5 Å². The van der Waals surface area contributed by atoms with Gasteiger partial charge in [-0.15, -0.1) is 24.8 Å². The predicted molar refractivity (Wildman–Crippen MR) is 132 cm³/mol. The summed E-state index contributed by atoms with van der Waals surface area (Å²) in [7, 11) is -5.00. The molecular weight excluding hydrogens is 544 g/mol. The molecule has 16 heteroatoms. The van der Waals surface area contributed by atoms with Crippen LogP contribution in [0.2, 0.25) is 0 Å². The molecule has 0 fully saturated rings. The molecule has 4 aromatic carbocycles. The standard InChI is InChI=1S/C22H16N4O10S2/c27-14-7-3-1-5-12(14)23-25-19-16(37-36-35-31)9-11-10-17(38(32,33)34)20(22(30)18(11)21(19)29)26-24-13-6-2-4-8-15(13)28/h1-10,27-31H,(H,32,33,34). The molecule has 0 spiro atoms. The zero-order chi connectivity index (χ0) is 27.4. The van der Waals surface area contributed by atoms with Gasteiger partial charge in [-0.05, 0) is 41.8 Å². The molecule has 0 saturated heterocycles. The van der Waals surface area contributed by atoms with Gasteiger partial charge in [0, 0.05) is 0 Å². The zero-order valence-corrected chi connectivity index (χ0v) is 20.3. The molecule has 14 nitrogen and oxygen atoms in total. The summed E-state index contributed by atoms with van der Waals surface area (Å²) in [6.45, 7) is 0. The third-order valence-electron chi connectivity index (χ3n) is 4.96. The van der Waals surface area contributed by atoms with Crippen molar-refractivity contribution in [2.75, 3.05) is 0 Å². The molecule has 6 N–H and O–H groups in total. The number of nitrogens with zero attached hydrogens (tertiary/aromatic N) is 4. The minimum atomic E-state index is -5.00. The van der Waals surface area contributed by atoms with E-state index >= 15 is 0 Å². The minimum Gasteiger partial charge on any atom is -0.506 e. The first-order chi connectivity index (χ1) is 18.1. The fraction of sp³-hybridized carbons (Fsp3) is 0. The highest BCUT2D eigenvalue weighted by Crippen LogP contribution is 2.51. The van der Waals surface area contributed by atoms with Crippen molar-refractivity contribution >= 4 is 55.7 Å². The first-order valence-corrected chi connectivity index (χ1v) is 12.4. The zero-order valence-electron chi connectivity index (χ0n) is 18.7. The Hall–Kier alpha value is -4.32. The first-order valence-electron chi connectivity index (χ1n) is 10.2. The second-order valence-electron chi connectivity index (χ2n) is 7.32. The van der Waals surface area contributed by atoms with Crippen LogP contribution >= 0.6 is 12.0 Å². The van der Waals surface area contributed by atoms with Gasteiger partial charge in [-0.3, -0.25) is 4.55 Å². The number of azo groups is 2. The number of hydrogen-bond donors (Lipinski definition) is 6. The topological polar surface area (TPSA) is 223 Å². The van der Waals surface area contributed by atoms with Crippen LogP contribution in [0.15, 0.2) is 90.9 Å². The van der Waals surface area contributed by atoms with E-state index in [0.29, 0.717) is 12.0 Å². The van der Waals surface area contributed by atoms with E-state index in [4.69, 9.17) is 5.26 Å². The normalized spacial score (nSPS) is 12.2. The molecule has 0 aliphatic rings. The second kappa shape index (κ2) is 11.0. The Morgan fingerprint density at radius 1 is 0.737 bits per heavy atom. The largest absolute Gasteiger partial charge is 0.506 e. The number of hydrogen-bond acceptors (Lipinski definition) is 14.